The van der Waals surface area contributed by atoms with Gasteiger partial charge in [0.05, 0.1) is 34.4 Å². The summed E-state index contributed by atoms with van der Waals surface area (Å²) in [6.07, 6.45) is -0.544. The Bertz CT molecular complexity index is 1500. The lowest BCUT2D eigenvalue weighted by molar-refractivity contribution is -0.0166. The second-order valence-electron chi connectivity index (χ2n) is 8.96. The van der Waals surface area contributed by atoms with E-state index in [0.29, 0.717) is 23.3 Å². The summed E-state index contributed by atoms with van der Waals surface area (Å²) >= 11 is 3.56. The van der Waals surface area contributed by atoms with Crippen LogP contribution in [0.15, 0.2) is 54.9 Å². The molecule has 8 heteroatoms. The standard InChI is InChI=1S/C24H24BrN3O4/c1-13-9-10-16(32-13)21-20-19-17(22(29)27(5)23(30)26(19)4)18(14-7-6-8-15(25)11-14)28(20)24(2,3)12-31-21/h6-11,21H,12H2,1-5H3. The number of fused-ring (bicyclic) bond motifs is 3. The summed E-state index contributed by atoms with van der Waals surface area (Å²) in [5.74, 6) is 1.42. The van der Waals surface area contributed by atoms with Crippen LogP contribution in [0.3, 0.4) is 0 Å². The Kier molecular flexibility index (Phi) is 4.65. The average Bonchev–Trinajstić information content (AvgIpc) is 3.33. The minimum atomic E-state index is -0.544. The molecule has 0 radical (unpaired) electrons. The minimum absolute atomic E-state index is 0.329. The third-order valence-corrected chi connectivity index (χ3v) is 6.68. The van der Waals surface area contributed by atoms with Gasteiger partial charge in [-0.1, -0.05) is 28.1 Å². The topological polar surface area (TPSA) is 71.3 Å². The molecule has 0 bridgehead atoms. The summed E-state index contributed by atoms with van der Waals surface area (Å²) in [6, 6.07) is 11.6. The number of hydrogen-bond donors (Lipinski definition) is 0. The lowest BCUT2D eigenvalue weighted by Crippen LogP contribution is -2.40. The predicted molar refractivity (Wildman–Crippen MR) is 126 cm³/mol. The summed E-state index contributed by atoms with van der Waals surface area (Å²) < 4.78 is 18.0. The molecule has 1 aromatic carbocycles. The lowest BCUT2D eigenvalue weighted by Gasteiger charge is -2.38. The molecule has 0 saturated carbocycles. The van der Waals surface area contributed by atoms with Crippen LogP contribution in [0.25, 0.3) is 22.2 Å². The Morgan fingerprint density at radius 2 is 1.84 bits per heavy atom. The highest BCUT2D eigenvalue weighted by molar-refractivity contribution is 9.10. The maximum atomic E-state index is 13.5. The summed E-state index contributed by atoms with van der Waals surface area (Å²) in [6.45, 7) is 6.44. The molecule has 0 fully saturated rings. The number of hydrogen-bond acceptors (Lipinski definition) is 4. The van der Waals surface area contributed by atoms with Crippen LogP contribution in [0, 0.1) is 6.92 Å². The first-order valence-electron chi connectivity index (χ1n) is 10.4. The highest BCUT2D eigenvalue weighted by Crippen LogP contribution is 2.45. The number of nitrogens with zero attached hydrogens (tertiary/aromatic N) is 3. The molecule has 5 rings (SSSR count). The van der Waals surface area contributed by atoms with Crippen LogP contribution in [0.2, 0.25) is 0 Å². The van der Waals surface area contributed by atoms with Gasteiger partial charge in [-0.25, -0.2) is 4.79 Å². The van der Waals surface area contributed by atoms with Crippen molar-refractivity contribution in [3.05, 3.63) is 78.9 Å². The van der Waals surface area contributed by atoms with Gasteiger partial charge in [0.15, 0.2) is 6.10 Å². The van der Waals surface area contributed by atoms with Crippen molar-refractivity contribution in [2.75, 3.05) is 6.61 Å². The molecule has 1 atom stereocenters. The van der Waals surface area contributed by atoms with Crippen molar-refractivity contribution in [3.8, 4) is 11.3 Å². The van der Waals surface area contributed by atoms with Gasteiger partial charge in [-0.15, -0.1) is 0 Å². The molecular formula is C24H24BrN3O4. The highest BCUT2D eigenvalue weighted by Gasteiger charge is 2.41. The van der Waals surface area contributed by atoms with E-state index in [1.165, 1.54) is 11.6 Å². The molecule has 4 aromatic rings. The van der Waals surface area contributed by atoms with Crippen molar-refractivity contribution in [3.63, 3.8) is 0 Å². The smallest absolute Gasteiger partial charge is 0.331 e. The number of halogens is 1. The second-order valence-corrected chi connectivity index (χ2v) is 9.88. The van der Waals surface area contributed by atoms with E-state index in [4.69, 9.17) is 9.15 Å². The normalized spacial score (nSPS) is 17.6. The van der Waals surface area contributed by atoms with Crippen LogP contribution in [0.4, 0.5) is 0 Å². The predicted octanol–water partition coefficient (Wildman–Crippen LogP) is 4.22. The number of aromatic nitrogens is 3. The van der Waals surface area contributed by atoms with E-state index in [2.05, 4.69) is 34.3 Å². The van der Waals surface area contributed by atoms with Crippen LogP contribution in [-0.4, -0.2) is 20.3 Å². The molecule has 7 nitrogen and oxygen atoms in total. The summed E-state index contributed by atoms with van der Waals surface area (Å²) in [5, 5.41) is 0.495. The molecule has 166 valence electrons. The molecule has 0 N–H and O–H groups in total. The first-order valence-corrected chi connectivity index (χ1v) is 11.2. The minimum Gasteiger partial charge on any atom is -0.463 e. The SMILES string of the molecule is Cc1ccc(C2OCC(C)(C)n3c(-c4cccc(Br)c4)c4c(=O)n(C)c(=O)n(C)c4c32)o1. The molecule has 1 aliphatic rings. The fourth-order valence-electron chi connectivity index (χ4n) is 4.72. The van der Waals surface area contributed by atoms with Crippen LogP contribution in [0.5, 0.6) is 0 Å². The first kappa shape index (κ1) is 21.0. The van der Waals surface area contributed by atoms with Gasteiger partial charge < -0.3 is 13.7 Å². The third kappa shape index (κ3) is 2.89. The molecule has 0 saturated heterocycles. The van der Waals surface area contributed by atoms with E-state index in [9.17, 15) is 9.59 Å². The quantitative estimate of drug-likeness (QED) is 0.415. The van der Waals surface area contributed by atoms with Crippen LogP contribution in [0.1, 0.15) is 37.2 Å². The summed E-state index contributed by atoms with van der Waals surface area (Å²) in [4.78, 5) is 26.5. The molecule has 1 unspecified atom stereocenters. The number of benzene rings is 1. The van der Waals surface area contributed by atoms with E-state index in [1.54, 1.807) is 7.05 Å². The maximum Gasteiger partial charge on any atom is 0.331 e. The van der Waals surface area contributed by atoms with Gasteiger partial charge in [0.2, 0.25) is 0 Å². The Hall–Kier alpha value is -2.84. The van der Waals surface area contributed by atoms with Crippen molar-refractivity contribution in [2.24, 2.45) is 14.1 Å². The van der Waals surface area contributed by atoms with Crippen LogP contribution < -0.4 is 11.2 Å². The van der Waals surface area contributed by atoms with Crippen molar-refractivity contribution in [2.45, 2.75) is 32.4 Å². The molecule has 1 aliphatic heterocycles. The summed E-state index contributed by atoms with van der Waals surface area (Å²) in [5.41, 5.74) is 1.80. The first-order chi connectivity index (χ1) is 15.1. The van der Waals surface area contributed by atoms with Gasteiger partial charge in [0.1, 0.15) is 11.5 Å². The zero-order valence-corrected chi connectivity index (χ0v) is 20.2. The van der Waals surface area contributed by atoms with Gasteiger partial charge in [-0.3, -0.25) is 13.9 Å². The molecule has 3 aromatic heterocycles. The largest absolute Gasteiger partial charge is 0.463 e. The van der Waals surface area contributed by atoms with Crippen molar-refractivity contribution in [1.29, 1.82) is 0 Å². The fraction of sp³-hybridized carbons (Fsp3) is 0.333. The van der Waals surface area contributed by atoms with E-state index in [-0.39, 0.29) is 11.2 Å². The van der Waals surface area contributed by atoms with E-state index in [1.807, 2.05) is 43.3 Å². The zero-order valence-electron chi connectivity index (χ0n) is 18.6. The van der Waals surface area contributed by atoms with Crippen LogP contribution >= 0.6 is 15.9 Å². The Labute approximate surface area is 193 Å². The lowest BCUT2D eigenvalue weighted by atomic mass is 10.0. The number of furan rings is 1. The number of aryl methyl sites for hydroxylation is 2. The Balaban J connectivity index is 2.03. The molecule has 32 heavy (non-hydrogen) atoms. The van der Waals surface area contributed by atoms with E-state index < -0.39 is 11.6 Å². The summed E-state index contributed by atoms with van der Waals surface area (Å²) in [7, 11) is 3.21. The van der Waals surface area contributed by atoms with Crippen LogP contribution in [-0.2, 0) is 24.4 Å². The molecule has 4 heterocycles. The maximum absolute atomic E-state index is 13.5. The Morgan fingerprint density at radius 3 is 2.50 bits per heavy atom. The molecular weight excluding hydrogens is 474 g/mol. The van der Waals surface area contributed by atoms with Gasteiger partial charge >= 0.3 is 5.69 Å². The highest BCUT2D eigenvalue weighted by atomic mass is 79.9. The van der Waals surface area contributed by atoms with Gasteiger partial charge in [0.25, 0.3) is 5.56 Å². The van der Waals surface area contributed by atoms with E-state index >= 15 is 0 Å². The van der Waals surface area contributed by atoms with Crippen molar-refractivity contribution in [1.82, 2.24) is 13.7 Å². The van der Waals surface area contributed by atoms with E-state index in [0.717, 1.165) is 31.8 Å². The molecule has 0 amide bonds. The number of ether oxygens (including phenoxy) is 1. The Morgan fingerprint density at radius 1 is 1.09 bits per heavy atom. The monoisotopic (exact) mass is 497 g/mol. The second kappa shape index (κ2) is 7.08. The molecule has 0 aliphatic carbocycles. The number of rotatable bonds is 2. The molecule has 0 spiro atoms. The van der Waals surface area contributed by atoms with Gasteiger partial charge in [0, 0.05) is 24.1 Å². The van der Waals surface area contributed by atoms with Crippen molar-refractivity contribution >= 4 is 26.8 Å². The fourth-order valence-corrected chi connectivity index (χ4v) is 5.12. The average molecular weight is 498 g/mol. The van der Waals surface area contributed by atoms with Gasteiger partial charge in [-0.05, 0) is 45.0 Å². The van der Waals surface area contributed by atoms with Gasteiger partial charge in [-0.2, -0.15) is 0 Å². The van der Waals surface area contributed by atoms with Crippen molar-refractivity contribution < 1.29 is 9.15 Å². The zero-order chi connectivity index (χ0) is 22.9. The third-order valence-electron chi connectivity index (χ3n) is 6.18.